The molecule has 0 aliphatic rings. The largest absolute Gasteiger partial charge is 0.494 e. The number of halogens is 2. The van der Waals surface area contributed by atoms with Gasteiger partial charge in [-0.1, -0.05) is 23.9 Å². The first kappa shape index (κ1) is 13.7. The van der Waals surface area contributed by atoms with Gasteiger partial charge in [0.2, 0.25) is 5.82 Å². The van der Waals surface area contributed by atoms with E-state index in [4.69, 9.17) is 0 Å². The van der Waals surface area contributed by atoms with Gasteiger partial charge in [-0.3, -0.25) is 4.79 Å². The lowest BCUT2D eigenvalue weighted by Gasteiger charge is -2.04. The third-order valence-electron chi connectivity index (χ3n) is 1.98. The molecule has 5 heteroatoms. The molecule has 0 aromatic heterocycles. The zero-order chi connectivity index (χ0) is 12.8. The summed E-state index contributed by atoms with van der Waals surface area (Å²) in [4.78, 5) is 10.6. The van der Waals surface area contributed by atoms with Crippen molar-refractivity contribution in [2.45, 2.75) is 6.92 Å². The van der Waals surface area contributed by atoms with Crippen LogP contribution in [0, 0.1) is 11.6 Å². The van der Waals surface area contributed by atoms with Crippen LogP contribution in [0.15, 0.2) is 18.2 Å². The molecule has 92 valence electrons. The van der Waals surface area contributed by atoms with Crippen molar-refractivity contribution in [3.63, 3.8) is 0 Å². The van der Waals surface area contributed by atoms with Gasteiger partial charge in [-0.15, -0.1) is 0 Å². The van der Waals surface area contributed by atoms with Gasteiger partial charge in [0.05, 0.1) is 7.11 Å². The third-order valence-corrected chi connectivity index (χ3v) is 2.74. The van der Waals surface area contributed by atoms with Gasteiger partial charge in [-0.05, 0) is 12.1 Å². The molecule has 0 N–H and O–H groups in total. The summed E-state index contributed by atoms with van der Waals surface area (Å²) in [6.07, 6.45) is 3.05. The topological polar surface area (TPSA) is 26.3 Å². The number of carbonyl (C=O) groups is 1. The molecule has 0 radical (unpaired) electrons. The number of methoxy groups -OCH3 is 1. The van der Waals surface area contributed by atoms with Gasteiger partial charge in [0.1, 0.15) is 0 Å². The van der Waals surface area contributed by atoms with E-state index < -0.39 is 11.6 Å². The van der Waals surface area contributed by atoms with Gasteiger partial charge in [0.25, 0.3) is 0 Å². The van der Waals surface area contributed by atoms with E-state index in [2.05, 4.69) is 4.74 Å². The van der Waals surface area contributed by atoms with Crippen LogP contribution in [0.3, 0.4) is 0 Å². The molecule has 0 spiro atoms. The SMILES string of the molecule is COc1ccc(C=CCSC(C)=O)c(F)c1F. The van der Waals surface area contributed by atoms with Gasteiger partial charge >= 0.3 is 0 Å². The van der Waals surface area contributed by atoms with Crippen LogP contribution < -0.4 is 4.74 Å². The lowest BCUT2D eigenvalue weighted by atomic mass is 10.2. The van der Waals surface area contributed by atoms with Gasteiger partial charge in [0.15, 0.2) is 16.7 Å². The highest BCUT2D eigenvalue weighted by Gasteiger charge is 2.11. The van der Waals surface area contributed by atoms with E-state index in [0.717, 1.165) is 11.8 Å². The molecule has 17 heavy (non-hydrogen) atoms. The normalized spacial score (nSPS) is 10.8. The Kier molecular flexibility index (Phi) is 5.15. The average molecular weight is 258 g/mol. The molecular weight excluding hydrogens is 246 g/mol. The van der Waals surface area contributed by atoms with Crippen molar-refractivity contribution in [2.24, 2.45) is 0 Å². The molecule has 0 bridgehead atoms. The molecule has 0 atom stereocenters. The average Bonchev–Trinajstić information content (AvgIpc) is 2.29. The van der Waals surface area contributed by atoms with Crippen molar-refractivity contribution >= 4 is 23.0 Å². The molecule has 0 amide bonds. The summed E-state index contributed by atoms with van der Waals surface area (Å²) in [5.74, 6) is -1.65. The fourth-order valence-electron chi connectivity index (χ4n) is 1.17. The van der Waals surface area contributed by atoms with Gasteiger partial charge < -0.3 is 4.74 Å². The Morgan fingerprint density at radius 2 is 2.12 bits per heavy atom. The van der Waals surface area contributed by atoms with Crippen LogP contribution in [-0.2, 0) is 4.79 Å². The van der Waals surface area contributed by atoms with Crippen molar-refractivity contribution in [3.05, 3.63) is 35.4 Å². The molecule has 0 fully saturated rings. The molecule has 0 aliphatic carbocycles. The molecule has 1 aromatic carbocycles. The summed E-state index contributed by atoms with van der Waals surface area (Å²) in [6.45, 7) is 1.45. The highest BCUT2D eigenvalue weighted by Crippen LogP contribution is 2.23. The summed E-state index contributed by atoms with van der Waals surface area (Å²) in [5, 5.41) is -0.0176. The zero-order valence-electron chi connectivity index (χ0n) is 9.50. The Hall–Kier alpha value is -1.36. The van der Waals surface area contributed by atoms with Crippen molar-refractivity contribution < 1.29 is 18.3 Å². The molecule has 1 aromatic rings. The Labute approximate surface area is 103 Å². The van der Waals surface area contributed by atoms with Crippen LogP contribution in [0.2, 0.25) is 0 Å². The van der Waals surface area contributed by atoms with Crippen LogP contribution in [0.5, 0.6) is 5.75 Å². The van der Waals surface area contributed by atoms with E-state index in [1.807, 2.05) is 0 Å². The second-order valence-electron chi connectivity index (χ2n) is 3.19. The summed E-state index contributed by atoms with van der Waals surface area (Å²) in [6, 6.07) is 2.78. The molecule has 0 saturated heterocycles. The van der Waals surface area contributed by atoms with Crippen molar-refractivity contribution in [2.75, 3.05) is 12.9 Å². The quantitative estimate of drug-likeness (QED) is 0.829. The molecule has 0 aliphatic heterocycles. The first-order chi connectivity index (χ1) is 8.06. The fourth-order valence-corrected chi connectivity index (χ4v) is 1.60. The lowest BCUT2D eigenvalue weighted by molar-refractivity contribution is -0.109. The monoisotopic (exact) mass is 258 g/mol. The van der Waals surface area contributed by atoms with E-state index in [9.17, 15) is 13.6 Å². The van der Waals surface area contributed by atoms with Gasteiger partial charge in [0, 0.05) is 18.2 Å². The molecular formula is C12H12F2O2S. The van der Waals surface area contributed by atoms with Crippen LogP contribution in [0.4, 0.5) is 8.78 Å². The smallest absolute Gasteiger partial charge is 0.201 e. The Morgan fingerprint density at radius 3 is 2.71 bits per heavy atom. The summed E-state index contributed by atoms with van der Waals surface area (Å²) < 4.78 is 31.4. The summed E-state index contributed by atoms with van der Waals surface area (Å²) in [7, 11) is 1.27. The Morgan fingerprint density at radius 1 is 1.41 bits per heavy atom. The van der Waals surface area contributed by atoms with Crippen molar-refractivity contribution in [3.8, 4) is 5.75 Å². The van der Waals surface area contributed by atoms with E-state index in [0.29, 0.717) is 5.75 Å². The van der Waals surface area contributed by atoms with E-state index in [1.165, 1.54) is 32.2 Å². The predicted molar refractivity (Wildman–Crippen MR) is 65.1 cm³/mol. The van der Waals surface area contributed by atoms with Gasteiger partial charge in [-0.25, -0.2) is 4.39 Å². The fraction of sp³-hybridized carbons (Fsp3) is 0.250. The predicted octanol–water partition coefficient (Wildman–Crippen LogP) is 3.27. The zero-order valence-corrected chi connectivity index (χ0v) is 10.3. The molecule has 0 saturated carbocycles. The Balaban J connectivity index is 2.79. The van der Waals surface area contributed by atoms with Crippen LogP contribution in [0.25, 0.3) is 6.08 Å². The van der Waals surface area contributed by atoms with E-state index >= 15 is 0 Å². The standard InChI is InChI=1S/C12H12F2O2S/c1-8(15)17-7-3-4-9-5-6-10(16-2)12(14)11(9)13/h3-6H,7H2,1-2H3. The van der Waals surface area contributed by atoms with Gasteiger partial charge in [-0.2, -0.15) is 4.39 Å². The second kappa shape index (κ2) is 6.39. The second-order valence-corrected chi connectivity index (χ2v) is 4.39. The first-order valence-corrected chi connectivity index (χ1v) is 5.86. The van der Waals surface area contributed by atoms with Crippen molar-refractivity contribution in [1.29, 1.82) is 0 Å². The number of thioether (sulfide) groups is 1. The Bertz CT molecular complexity index is 444. The number of hydrogen-bond donors (Lipinski definition) is 0. The maximum absolute atomic E-state index is 13.5. The molecule has 1 rings (SSSR count). The minimum absolute atomic E-state index is 0.0176. The molecule has 0 heterocycles. The number of carbonyl (C=O) groups excluding carboxylic acids is 1. The first-order valence-electron chi connectivity index (χ1n) is 4.88. The minimum atomic E-state index is -1.01. The molecule has 2 nitrogen and oxygen atoms in total. The van der Waals surface area contributed by atoms with E-state index in [1.54, 1.807) is 6.08 Å². The maximum atomic E-state index is 13.5. The highest BCUT2D eigenvalue weighted by molar-refractivity contribution is 8.13. The van der Waals surface area contributed by atoms with Crippen LogP contribution in [0.1, 0.15) is 12.5 Å². The van der Waals surface area contributed by atoms with Crippen LogP contribution in [-0.4, -0.2) is 18.0 Å². The molecule has 0 unspecified atom stereocenters. The summed E-state index contributed by atoms with van der Waals surface area (Å²) >= 11 is 1.10. The number of ether oxygens (including phenoxy) is 1. The third kappa shape index (κ3) is 3.85. The number of benzene rings is 1. The number of hydrogen-bond acceptors (Lipinski definition) is 3. The summed E-state index contributed by atoms with van der Waals surface area (Å²) in [5.41, 5.74) is 0.132. The highest BCUT2D eigenvalue weighted by atomic mass is 32.2. The lowest BCUT2D eigenvalue weighted by Crippen LogP contribution is -1.94. The number of rotatable bonds is 4. The minimum Gasteiger partial charge on any atom is -0.494 e. The van der Waals surface area contributed by atoms with E-state index in [-0.39, 0.29) is 16.4 Å². The maximum Gasteiger partial charge on any atom is 0.201 e. The van der Waals surface area contributed by atoms with Crippen LogP contribution >= 0.6 is 11.8 Å². The van der Waals surface area contributed by atoms with Crippen molar-refractivity contribution in [1.82, 2.24) is 0 Å².